The number of nitrogens with one attached hydrogen (secondary N) is 1. The predicted molar refractivity (Wildman–Crippen MR) is 48.7 cm³/mol. The predicted octanol–water partition coefficient (Wildman–Crippen LogP) is -2.59. The van der Waals surface area contributed by atoms with E-state index in [1.165, 1.54) is 0 Å². The zero-order valence-electron chi connectivity index (χ0n) is 6.61. The van der Waals surface area contributed by atoms with Crippen molar-refractivity contribution < 1.29 is 14.7 Å². The van der Waals surface area contributed by atoms with E-state index in [4.69, 9.17) is 5.73 Å². The molecular weight excluding hydrogens is 259 g/mol. The van der Waals surface area contributed by atoms with Crippen molar-refractivity contribution in [3.05, 3.63) is 0 Å². The van der Waals surface area contributed by atoms with Crippen molar-refractivity contribution in [2.75, 3.05) is 0 Å². The van der Waals surface area contributed by atoms with Gasteiger partial charge in [-0.3, -0.25) is 0 Å². The van der Waals surface area contributed by atoms with Crippen molar-refractivity contribution >= 4 is 44.0 Å². The monoisotopic (exact) mass is 268 g/mol. The standard InChI is InChI=1S/C6H10N2O3SSe/c7-4(9)2-1-3(5(10)11)8-6(12)13/h3H,1-2H2,(H2,7,9)(H,10,11)(H2,8,12,13)/p-2/t3-/m0/s1. The molecule has 0 aromatic carbocycles. The molecule has 0 aromatic heterocycles. The summed E-state index contributed by atoms with van der Waals surface area (Å²) in [6.45, 7) is 0. The first-order chi connectivity index (χ1) is 5.93. The molecule has 3 N–H and O–H groups in total. The van der Waals surface area contributed by atoms with Gasteiger partial charge in [0.25, 0.3) is 0 Å². The molecule has 0 heterocycles. The summed E-state index contributed by atoms with van der Waals surface area (Å²) in [6.07, 6.45) is 0.0494. The summed E-state index contributed by atoms with van der Waals surface area (Å²) in [5.41, 5.74) is 4.85. The maximum absolute atomic E-state index is 10.4. The average Bonchev–Trinajstić information content (AvgIpc) is 1.96. The van der Waals surface area contributed by atoms with Crippen molar-refractivity contribution in [3.63, 3.8) is 0 Å². The molecule has 0 rings (SSSR count). The molecule has 0 saturated carbocycles. The van der Waals surface area contributed by atoms with Gasteiger partial charge in [-0.15, -0.1) is 0 Å². The molecule has 0 saturated heterocycles. The number of hydrogen-bond donors (Lipinski definition) is 2. The fourth-order valence-electron chi connectivity index (χ4n) is 0.678. The molecule has 0 aliphatic rings. The molecule has 13 heavy (non-hydrogen) atoms. The first kappa shape index (κ1) is 12.3. The van der Waals surface area contributed by atoms with E-state index in [1.54, 1.807) is 0 Å². The van der Waals surface area contributed by atoms with Crippen molar-refractivity contribution in [3.8, 4) is 0 Å². The Bertz CT molecular complexity index is 234. The fraction of sp³-hybridized carbons (Fsp3) is 0.500. The zero-order valence-corrected chi connectivity index (χ0v) is 9.14. The van der Waals surface area contributed by atoms with Gasteiger partial charge in [0.2, 0.25) is 0 Å². The summed E-state index contributed by atoms with van der Waals surface area (Å²) >= 11 is 7.02. The Balaban J connectivity index is 4.02. The minimum absolute atomic E-state index is 0.0196. The molecule has 0 bridgehead atoms. The minimum atomic E-state index is -1.31. The molecular formula is C6H8N2O3SSe-2. The molecule has 0 aromatic rings. The summed E-state index contributed by atoms with van der Waals surface area (Å²) < 4.78 is 0.221. The Morgan fingerprint density at radius 1 is 1.62 bits per heavy atom. The summed E-state index contributed by atoms with van der Waals surface area (Å²) in [7, 11) is 0. The third kappa shape index (κ3) is 6.51. The van der Waals surface area contributed by atoms with Gasteiger partial charge in [0, 0.05) is 0 Å². The molecule has 0 spiro atoms. The normalized spacial score (nSPS) is 11.7. The van der Waals surface area contributed by atoms with Crippen LogP contribution in [0.15, 0.2) is 0 Å². The molecule has 5 nitrogen and oxygen atoms in total. The molecule has 1 atom stereocenters. The van der Waals surface area contributed by atoms with Gasteiger partial charge < -0.3 is 0 Å². The van der Waals surface area contributed by atoms with Gasteiger partial charge in [-0.05, 0) is 0 Å². The Morgan fingerprint density at radius 3 is 2.46 bits per heavy atom. The van der Waals surface area contributed by atoms with Crippen molar-refractivity contribution in [2.24, 2.45) is 5.73 Å². The van der Waals surface area contributed by atoms with Crippen molar-refractivity contribution in [1.29, 1.82) is 0 Å². The van der Waals surface area contributed by atoms with Crippen LogP contribution in [0.25, 0.3) is 0 Å². The first-order valence-electron chi connectivity index (χ1n) is 3.40. The van der Waals surface area contributed by atoms with E-state index in [-0.39, 0.29) is 16.7 Å². The number of primary amides is 1. The van der Waals surface area contributed by atoms with Crippen LogP contribution in [0.4, 0.5) is 0 Å². The van der Waals surface area contributed by atoms with Gasteiger partial charge in [-0.2, -0.15) is 0 Å². The fourth-order valence-corrected chi connectivity index (χ4v) is 1.12. The maximum atomic E-state index is 10.4. The van der Waals surface area contributed by atoms with Gasteiger partial charge in [0.15, 0.2) is 0 Å². The van der Waals surface area contributed by atoms with E-state index < -0.39 is 17.9 Å². The Morgan fingerprint density at radius 2 is 2.15 bits per heavy atom. The molecule has 7 heteroatoms. The van der Waals surface area contributed by atoms with Gasteiger partial charge in [0.05, 0.1) is 0 Å². The van der Waals surface area contributed by atoms with Crippen LogP contribution in [0.2, 0.25) is 0 Å². The summed E-state index contributed by atoms with van der Waals surface area (Å²) in [5.74, 6) is -1.86. The molecule has 1 amide bonds. The topological polar surface area (TPSA) is 95.2 Å². The summed E-state index contributed by atoms with van der Waals surface area (Å²) in [5, 5.41) is 12.9. The van der Waals surface area contributed by atoms with Crippen LogP contribution in [0.1, 0.15) is 12.8 Å². The number of rotatable bonds is 5. The first-order valence-corrected chi connectivity index (χ1v) is 4.66. The Kier molecular flexibility index (Phi) is 5.61. The van der Waals surface area contributed by atoms with E-state index >= 15 is 0 Å². The average molecular weight is 267 g/mol. The number of carbonyl (C=O) groups is 2. The van der Waals surface area contributed by atoms with Gasteiger partial charge in [-0.25, -0.2) is 0 Å². The number of nitrogens with two attached hydrogens (primary N) is 1. The van der Waals surface area contributed by atoms with Crippen LogP contribution in [0.5, 0.6) is 0 Å². The van der Waals surface area contributed by atoms with Crippen LogP contribution in [0.3, 0.4) is 0 Å². The second-order valence-electron chi connectivity index (χ2n) is 2.31. The number of hydrogen-bond acceptors (Lipinski definition) is 4. The van der Waals surface area contributed by atoms with E-state index in [0.717, 1.165) is 0 Å². The van der Waals surface area contributed by atoms with E-state index in [0.29, 0.717) is 0 Å². The second kappa shape index (κ2) is 5.90. The van der Waals surface area contributed by atoms with Crippen LogP contribution in [-0.4, -0.2) is 37.8 Å². The Hall–Kier alpha value is -0.651. The van der Waals surface area contributed by atoms with E-state index in [1.807, 2.05) is 0 Å². The quantitative estimate of drug-likeness (QED) is 0.421. The molecule has 0 fully saturated rings. The van der Waals surface area contributed by atoms with Gasteiger partial charge >= 0.3 is 88.6 Å². The SMILES string of the molecule is NC(=O)CC[C@H](NC(=S)[Se-])C(=O)[O-]. The third-order valence-electron chi connectivity index (χ3n) is 1.26. The number of amides is 1. The molecule has 0 unspecified atom stereocenters. The van der Waals surface area contributed by atoms with E-state index in [9.17, 15) is 14.7 Å². The van der Waals surface area contributed by atoms with Crippen LogP contribution in [0, 0.1) is 0 Å². The second-order valence-corrected chi connectivity index (χ2v) is 4.16. The van der Waals surface area contributed by atoms with E-state index in [2.05, 4.69) is 33.5 Å². The summed E-state index contributed by atoms with van der Waals surface area (Å²) in [4.78, 5) is 20.8. The van der Waals surface area contributed by atoms with Gasteiger partial charge in [-0.1, -0.05) is 0 Å². The van der Waals surface area contributed by atoms with Crippen molar-refractivity contribution in [2.45, 2.75) is 18.9 Å². The van der Waals surface area contributed by atoms with Crippen LogP contribution < -0.4 is 16.2 Å². The molecule has 74 valence electrons. The Labute approximate surface area is 88.9 Å². The number of aliphatic carboxylic acids is 1. The number of carboxylic acid groups (broad SMARTS) is 1. The third-order valence-corrected chi connectivity index (χ3v) is 1.62. The van der Waals surface area contributed by atoms with Crippen LogP contribution in [-0.2, 0) is 9.59 Å². The molecule has 0 aliphatic heterocycles. The number of carboxylic acids is 1. The van der Waals surface area contributed by atoms with Crippen LogP contribution >= 0.6 is 12.2 Å². The number of carbonyl (C=O) groups excluding carboxylic acids is 2. The molecule has 0 aliphatic carbocycles. The van der Waals surface area contributed by atoms with Gasteiger partial charge in [0.1, 0.15) is 0 Å². The zero-order chi connectivity index (χ0) is 10.4. The van der Waals surface area contributed by atoms with Crippen molar-refractivity contribution in [1.82, 2.24) is 5.32 Å². The molecule has 0 radical (unpaired) electrons. The summed E-state index contributed by atoms with van der Waals surface area (Å²) in [6, 6.07) is -0.971. The number of thiocarbonyl (C=S) groups is 1.